The summed E-state index contributed by atoms with van der Waals surface area (Å²) in [6, 6.07) is 0. The van der Waals surface area contributed by atoms with Gasteiger partial charge in [0.2, 0.25) is 0 Å². The second-order valence-corrected chi connectivity index (χ2v) is 2.16. The highest BCUT2D eigenvalue weighted by Crippen LogP contribution is 2.11. The molecule has 0 amide bonds. The molecule has 0 nitrogen and oxygen atoms in total. The minimum Gasteiger partial charge on any atom is -0.249 e. The normalized spacial score (nSPS) is 10.6. The number of halogens is 1. The van der Waals surface area contributed by atoms with Gasteiger partial charge in [-0.2, -0.15) is 0 Å². The van der Waals surface area contributed by atoms with E-state index in [9.17, 15) is 4.39 Å². The van der Waals surface area contributed by atoms with Gasteiger partial charge in [-0.1, -0.05) is 5.92 Å². The third-order valence-corrected chi connectivity index (χ3v) is 0.725. The van der Waals surface area contributed by atoms with Crippen molar-refractivity contribution in [3.63, 3.8) is 0 Å². The summed E-state index contributed by atoms with van der Waals surface area (Å²) in [6.45, 7) is 2.93. The van der Waals surface area contributed by atoms with Crippen molar-refractivity contribution in [2.24, 2.45) is 5.41 Å². The van der Waals surface area contributed by atoms with Gasteiger partial charge >= 0.3 is 0 Å². The number of hydrogen-bond acceptors (Lipinski definition) is 0. The van der Waals surface area contributed by atoms with Crippen LogP contribution in [0.25, 0.3) is 0 Å². The lowest BCUT2D eigenvalue weighted by Crippen LogP contribution is -2.09. The third kappa shape index (κ3) is 2.22. The summed E-state index contributed by atoms with van der Waals surface area (Å²) in [7, 11) is 0. The minimum absolute atomic E-state index is 0.441. The van der Waals surface area contributed by atoms with E-state index in [1.807, 2.05) is 0 Å². The van der Waals surface area contributed by atoms with E-state index in [-0.39, 0.29) is 0 Å². The maximum atomic E-state index is 11.6. The molecule has 0 aromatic heterocycles. The molecule has 0 N–H and O–H groups in total. The van der Waals surface area contributed by atoms with E-state index in [0.29, 0.717) is 0 Å². The van der Waals surface area contributed by atoms with Gasteiger partial charge in [-0.05, 0) is 13.8 Å². The van der Waals surface area contributed by atoms with Crippen molar-refractivity contribution in [2.45, 2.75) is 13.8 Å². The zero-order chi connectivity index (χ0) is 5.91. The van der Waals surface area contributed by atoms with Crippen LogP contribution in [0.2, 0.25) is 0 Å². The molecule has 0 unspecified atom stereocenters. The summed E-state index contributed by atoms with van der Waals surface area (Å²) in [5.74, 6) is 2.32. The first-order valence-corrected chi connectivity index (χ1v) is 2.16. The highest BCUT2D eigenvalue weighted by Gasteiger charge is 2.11. The second kappa shape index (κ2) is 1.97. The maximum absolute atomic E-state index is 11.6. The molecule has 1 heteroatoms. The SMILES string of the molecule is C#CC(C)(C)CF. The van der Waals surface area contributed by atoms with Crippen LogP contribution in [0.5, 0.6) is 0 Å². The Morgan fingerprint density at radius 2 is 2.14 bits per heavy atom. The molecule has 0 fully saturated rings. The third-order valence-electron chi connectivity index (χ3n) is 0.725. The molecule has 7 heavy (non-hydrogen) atoms. The summed E-state index contributed by atoms with van der Waals surface area (Å²) in [6.07, 6.45) is 4.93. The fourth-order valence-corrected chi connectivity index (χ4v) is 0.0386. The molecule has 0 spiro atoms. The zero-order valence-corrected chi connectivity index (χ0v) is 4.66. The summed E-state index contributed by atoms with van der Waals surface area (Å²) in [5.41, 5.74) is -0.556. The molecule has 0 atom stereocenters. The lowest BCUT2D eigenvalue weighted by Gasteiger charge is -2.08. The van der Waals surface area contributed by atoms with Gasteiger partial charge in [-0.15, -0.1) is 6.42 Å². The summed E-state index contributed by atoms with van der Waals surface area (Å²) >= 11 is 0. The van der Waals surface area contributed by atoms with Crippen LogP contribution in [0, 0.1) is 17.8 Å². The number of terminal acetylenes is 1. The average molecular weight is 100 g/mol. The Kier molecular flexibility index (Phi) is 1.83. The van der Waals surface area contributed by atoms with Gasteiger partial charge < -0.3 is 0 Å². The fraction of sp³-hybridized carbons (Fsp3) is 0.667. The van der Waals surface area contributed by atoms with Gasteiger partial charge in [0.05, 0.1) is 5.41 Å². The van der Waals surface area contributed by atoms with Gasteiger partial charge in [-0.3, -0.25) is 0 Å². The van der Waals surface area contributed by atoms with Crippen LogP contribution in [0.3, 0.4) is 0 Å². The quantitative estimate of drug-likeness (QED) is 0.439. The van der Waals surface area contributed by atoms with E-state index < -0.39 is 12.1 Å². The van der Waals surface area contributed by atoms with Gasteiger partial charge in [0.15, 0.2) is 0 Å². The van der Waals surface area contributed by atoms with Crippen molar-refractivity contribution < 1.29 is 4.39 Å². The van der Waals surface area contributed by atoms with E-state index in [4.69, 9.17) is 6.42 Å². The lowest BCUT2D eigenvalue weighted by atomic mass is 9.98. The molecule has 0 heterocycles. The van der Waals surface area contributed by atoms with Crippen molar-refractivity contribution in [3.05, 3.63) is 0 Å². The van der Waals surface area contributed by atoms with Gasteiger partial charge in [0.25, 0.3) is 0 Å². The molecular weight excluding hydrogens is 91.1 g/mol. The summed E-state index contributed by atoms with van der Waals surface area (Å²) in [4.78, 5) is 0. The van der Waals surface area contributed by atoms with E-state index >= 15 is 0 Å². The standard InChI is InChI=1S/C6H9F/c1-4-6(2,3)5-7/h1H,5H2,2-3H3. The van der Waals surface area contributed by atoms with Crippen LogP contribution in [0.4, 0.5) is 4.39 Å². The average Bonchev–Trinajstić information content (AvgIpc) is 1.68. The maximum Gasteiger partial charge on any atom is 0.105 e. The van der Waals surface area contributed by atoms with Crippen LogP contribution < -0.4 is 0 Å². The number of hydrogen-bond donors (Lipinski definition) is 0. The van der Waals surface area contributed by atoms with Crippen LogP contribution in [0.1, 0.15) is 13.8 Å². The highest BCUT2D eigenvalue weighted by molar-refractivity contribution is 4.99. The summed E-state index contributed by atoms with van der Waals surface area (Å²) < 4.78 is 11.6. The first-order chi connectivity index (χ1) is 3.12. The molecule has 40 valence electrons. The number of alkyl halides is 1. The van der Waals surface area contributed by atoms with E-state index in [1.54, 1.807) is 13.8 Å². The molecule has 0 aliphatic carbocycles. The topological polar surface area (TPSA) is 0 Å². The molecule has 0 bridgehead atoms. The molecule has 0 radical (unpaired) electrons. The zero-order valence-electron chi connectivity index (χ0n) is 4.66. The van der Waals surface area contributed by atoms with E-state index in [2.05, 4.69) is 5.92 Å². The van der Waals surface area contributed by atoms with Crippen molar-refractivity contribution in [1.29, 1.82) is 0 Å². The molecule has 0 rings (SSSR count). The predicted molar refractivity (Wildman–Crippen MR) is 28.6 cm³/mol. The Bertz CT molecular complexity index is 86.8. The van der Waals surface area contributed by atoms with Crippen LogP contribution in [0.15, 0.2) is 0 Å². The lowest BCUT2D eigenvalue weighted by molar-refractivity contribution is 0.335. The Hall–Kier alpha value is -0.510. The smallest absolute Gasteiger partial charge is 0.105 e. The molecule has 0 saturated carbocycles. The largest absolute Gasteiger partial charge is 0.249 e. The molecule has 0 aliphatic heterocycles. The minimum atomic E-state index is -0.556. The number of rotatable bonds is 1. The Morgan fingerprint density at radius 3 is 2.14 bits per heavy atom. The highest BCUT2D eigenvalue weighted by atomic mass is 19.1. The van der Waals surface area contributed by atoms with Gasteiger partial charge in [-0.25, -0.2) is 4.39 Å². The molecule has 0 aromatic rings. The summed E-state index contributed by atoms with van der Waals surface area (Å²) in [5, 5.41) is 0. The second-order valence-electron chi connectivity index (χ2n) is 2.16. The van der Waals surface area contributed by atoms with Crippen LogP contribution >= 0.6 is 0 Å². The van der Waals surface area contributed by atoms with E-state index in [1.165, 1.54) is 0 Å². The Balaban J connectivity index is 3.66. The van der Waals surface area contributed by atoms with E-state index in [0.717, 1.165) is 0 Å². The van der Waals surface area contributed by atoms with Crippen molar-refractivity contribution >= 4 is 0 Å². The van der Waals surface area contributed by atoms with Crippen LogP contribution in [-0.4, -0.2) is 6.67 Å². The molecule has 0 aliphatic rings. The molecule has 0 aromatic carbocycles. The van der Waals surface area contributed by atoms with Crippen molar-refractivity contribution in [1.82, 2.24) is 0 Å². The monoisotopic (exact) mass is 100 g/mol. The van der Waals surface area contributed by atoms with Crippen molar-refractivity contribution in [3.8, 4) is 12.3 Å². The van der Waals surface area contributed by atoms with Crippen LogP contribution in [-0.2, 0) is 0 Å². The first-order valence-electron chi connectivity index (χ1n) is 2.16. The molecular formula is C6H9F. The fourth-order valence-electron chi connectivity index (χ4n) is 0.0386. The Morgan fingerprint density at radius 1 is 1.71 bits per heavy atom. The van der Waals surface area contributed by atoms with Gasteiger partial charge in [0.1, 0.15) is 6.67 Å². The first kappa shape index (κ1) is 6.49. The van der Waals surface area contributed by atoms with Crippen molar-refractivity contribution in [2.75, 3.05) is 6.67 Å². The Labute approximate surface area is 43.7 Å². The van der Waals surface area contributed by atoms with Gasteiger partial charge in [0, 0.05) is 0 Å². The molecule has 0 saturated heterocycles. The predicted octanol–water partition coefficient (Wildman–Crippen LogP) is 1.62.